The monoisotopic (exact) mass is 2070 g/mol. The van der Waals surface area contributed by atoms with E-state index in [1.165, 1.54) is 51.4 Å². The minimum Gasteiger partial charge on any atom is -1.00 e. The number of aromatic nitrogens is 10. The number of nitrogens with two attached hydrogens (primary N) is 2. The van der Waals surface area contributed by atoms with E-state index in [2.05, 4.69) is 129 Å². The summed E-state index contributed by atoms with van der Waals surface area (Å²) in [6.45, 7) is 32.6. The number of ether oxygens (including phenoxy) is 6. The summed E-state index contributed by atoms with van der Waals surface area (Å²) in [5, 5.41) is 46.3. The molecule has 0 aliphatic heterocycles. The molecule has 48 heteroatoms. The summed E-state index contributed by atoms with van der Waals surface area (Å²) in [4.78, 5) is 156. The zero-order valence-corrected chi connectivity index (χ0v) is 90.8. The number of benzene rings is 5. The van der Waals surface area contributed by atoms with Gasteiger partial charge in [0, 0.05) is 59.0 Å². The molecule has 752 valence electrons. The zero-order chi connectivity index (χ0) is 104. The molecule has 0 aliphatic carbocycles. The molecule has 0 aliphatic rings. The Labute approximate surface area is 929 Å². The number of carboxylic acid groups (broad SMARTS) is 1. The molecule has 0 spiro atoms. The van der Waals surface area contributed by atoms with Gasteiger partial charge in [-0.1, -0.05) is 53.7 Å². The van der Waals surface area contributed by atoms with Crippen LogP contribution in [-0.2, 0) is 69.6 Å². The number of carbonyl (C=O) groups is 10. The molecule has 0 bridgehead atoms. The summed E-state index contributed by atoms with van der Waals surface area (Å²) in [6, 6.07) is 26.2. The third kappa shape index (κ3) is 56.5. The molecule has 0 fully saturated rings. The number of carbonyl (C=O) groups excluding carboxylic acids is 9. The number of aromatic carboxylic acids is 1. The van der Waals surface area contributed by atoms with Gasteiger partial charge in [-0.15, -0.1) is 0 Å². The fourth-order valence-corrected chi connectivity index (χ4v) is 10.2. The van der Waals surface area contributed by atoms with Crippen molar-refractivity contribution in [3.8, 4) is 0 Å². The first-order valence-electron chi connectivity index (χ1n) is 42.2. The quantitative estimate of drug-likeness (QED) is 0.00463. The first-order chi connectivity index (χ1) is 64.9. The number of halogens is 3. The molecule has 10 aromatic rings. The Bertz CT molecular complexity index is 5430. The summed E-state index contributed by atoms with van der Waals surface area (Å²) in [6.07, 6.45) is 12.9. The average Bonchev–Trinajstić information content (AvgIpc) is 0.875. The Kier molecular flexibility index (Phi) is 65.3. The molecule has 5 aromatic heterocycles. The van der Waals surface area contributed by atoms with Crippen molar-refractivity contribution in [2.45, 2.75) is 179 Å². The number of rotatable bonds is 23. The molecule has 0 atom stereocenters. The number of anilines is 10. The number of hydrogen-bond donors (Lipinski definition) is 13. The van der Waals surface area contributed by atoms with Crippen LogP contribution in [0.15, 0.2) is 153 Å². The third-order valence-electron chi connectivity index (χ3n) is 16.4. The number of nitrogens with one attached hydrogen (secondary N) is 10. The van der Waals surface area contributed by atoms with Crippen LogP contribution >= 0.6 is 15.9 Å². The van der Waals surface area contributed by atoms with Crippen molar-refractivity contribution in [2.24, 2.45) is 0 Å². The SMILES string of the molecule is C.CC(C)(C)OC(=O)Nc1cnc(CBr)cn1.CNC(=O)c1ccc(C)c(NCc2cnc(N)cn2)c1.CNC(=O)c1ccc(C)c(NCc2cnc(NC(=O)OC(C)(C)C)cn2)c1.COC(=O)c1ccc(C)c(N)c1.COC(=O)c1ccc(C)c(NCc2cnc(NC(=O)OC(C)(C)C)cn2)c1.Cc1ccc(C(=O)O)cc1NCc1cnc(NC(=O)OC(C)(C)C)cn1.O=CO[O-].[2H]CF.[2H]CF.[H-].[K+].[K+].[Li+].[OH-]. The van der Waals surface area contributed by atoms with Gasteiger partial charge >= 0.3 is 164 Å². The van der Waals surface area contributed by atoms with Gasteiger partial charge < -0.3 is 93.9 Å². The number of nitrogen functional groups attached to an aromatic ring is 2. The van der Waals surface area contributed by atoms with Gasteiger partial charge in [0.25, 0.3) is 18.3 Å². The summed E-state index contributed by atoms with van der Waals surface area (Å²) in [7, 11) is 3.90. The van der Waals surface area contributed by atoms with Crippen LogP contribution in [0.4, 0.5) is 85.5 Å². The van der Waals surface area contributed by atoms with Gasteiger partial charge in [-0.2, -0.15) is 0 Å². The number of nitrogens with zero attached hydrogens (tertiary/aromatic N) is 10. The molecular formula is C93H126BrF2K2LiN22O20. The number of aryl methyl sites for hydroxylation is 5. The summed E-state index contributed by atoms with van der Waals surface area (Å²) in [5.41, 5.74) is 23.5. The largest absolute Gasteiger partial charge is 1.00 e. The fraction of sp³-hybridized carbons (Fsp3) is 0.355. The standard InChI is InChI=1S/C19H25N5O3.C19H24N4O4.C18H22N4O4.C14H17N5O.C10H14BrN3O2.C9H11NO2.2CH3F.CH2O3.CH4.2K.Li.H2O.H/c1-12-6-7-13(17(25)20-5)8-15(12)22-9-14-10-23-16(11-21-14)24-18(26)27-19(2,3)4;1-12-6-7-13(17(24)26-5)8-15(12)21-9-14-10-22-16(11-20-14)23-18(25)27-19(2,3)4;1-11-5-6-12(16(23)24)7-14(11)20-8-13-9-21-15(10-19-13)22-17(25)26-18(2,3)4;1-9-3-4-10(14(20)16-2)5-12(9)18-6-11-7-19-13(15)8-17-11;1-10(2,3)16-9(15)14-8-6-12-7(4-11)5-13-8;1-6-3-4-7(5-8(6)10)9(11)12-2;2*1-2;2-1-4-3;;;;;;/h6-8,10-11,22H,9H2,1-5H3,(H,20,25)(H,23,24,26);6-8,10-11,21H,9H2,1-5H3,(H,22,23,25);5-7,9-10,20H,8H2,1-4H3,(H,23,24)(H,21,22,25);3-5,7-8,18H,6H2,1-2H3,(H2,15,19)(H,16,20);5-6H,4H2,1-3H3,(H,13,14,15);3-5H,10H2,1-2H3;2*1H3;1,3H;1H4;;;;1H2;/q;;;;;;;;;;3*+1;;-1/p-2/i;;;;;;2*1D;;;;;;;. The van der Waals surface area contributed by atoms with Gasteiger partial charge in [0.2, 0.25) is 0 Å². The molecule has 10 rings (SSSR count). The minimum absolute atomic E-state index is 0. The topological polar surface area (TPSA) is 610 Å². The number of alkyl halides is 3. The van der Waals surface area contributed by atoms with Crippen LogP contribution in [0.3, 0.4) is 0 Å². The summed E-state index contributed by atoms with van der Waals surface area (Å²) >= 11 is 3.26. The molecule has 141 heavy (non-hydrogen) atoms. The number of esters is 2. The van der Waals surface area contributed by atoms with Gasteiger partial charge in [-0.05, 0) is 206 Å². The van der Waals surface area contributed by atoms with Crippen molar-refractivity contribution in [3.63, 3.8) is 0 Å². The van der Waals surface area contributed by atoms with E-state index in [1.807, 2.05) is 58.9 Å². The number of carboxylic acids is 1. The van der Waals surface area contributed by atoms with E-state index in [1.54, 1.807) is 189 Å². The molecule has 16 N–H and O–H groups in total. The predicted octanol–water partition coefficient (Wildman–Crippen LogP) is 6.69. The van der Waals surface area contributed by atoms with E-state index in [9.17, 15) is 51.9 Å². The molecule has 5 aromatic carbocycles. The van der Waals surface area contributed by atoms with Crippen LogP contribution in [0.5, 0.6) is 0 Å². The van der Waals surface area contributed by atoms with E-state index < -0.39 is 73.0 Å². The number of amides is 6. The predicted molar refractivity (Wildman–Crippen MR) is 524 cm³/mol. The first kappa shape index (κ1) is 131. The van der Waals surface area contributed by atoms with Crippen LogP contribution in [0.1, 0.15) is 203 Å². The smallest absolute Gasteiger partial charge is 1.00 e. The van der Waals surface area contributed by atoms with Crippen molar-refractivity contribution in [1.82, 2.24) is 60.5 Å². The van der Waals surface area contributed by atoms with Gasteiger partial charge in [-0.3, -0.25) is 69.4 Å². The molecule has 0 saturated heterocycles. The van der Waals surface area contributed by atoms with E-state index in [4.69, 9.17) is 53.1 Å². The molecule has 0 unspecified atom stereocenters. The molecule has 0 saturated carbocycles. The Morgan fingerprint density at radius 2 is 0.667 bits per heavy atom. The zero-order valence-electron chi connectivity index (χ0n) is 86.0. The normalized spacial score (nSPS) is 10.1. The Morgan fingerprint density at radius 1 is 0.426 bits per heavy atom. The third-order valence-corrected chi connectivity index (χ3v) is 17.0. The maximum absolute atomic E-state index is 11.8. The maximum atomic E-state index is 11.8. The van der Waals surface area contributed by atoms with Gasteiger partial charge in [0.1, 0.15) is 28.2 Å². The van der Waals surface area contributed by atoms with E-state index >= 15 is 0 Å². The molecule has 5 heterocycles. The van der Waals surface area contributed by atoms with E-state index in [0.29, 0.717) is 105 Å². The first-order valence-corrected chi connectivity index (χ1v) is 41.9. The van der Waals surface area contributed by atoms with Crippen molar-refractivity contribution in [2.75, 3.05) is 96.6 Å². The second-order valence-electron chi connectivity index (χ2n) is 31.9. The molecule has 6 amide bonds. The van der Waals surface area contributed by atoms with Crippen LogP contribution in [0.25, 0.3) is 0 Å². The Hall–Kier alpha value is -11.7. The average molecular weight is 2080 g/mol. The van der Waals surface area contributed by atoms with Gasteiger partial charge in [0.05, 0.1) is 165 Å². The Morgan fingerprint density at radius 3 is 0.894 bits per heavy atom. The summed E-state index contributed by atoms with van der Waals surface area (Å²) in [5.74, 6) is -0.321. The van der Waals surface area contributed by atoms with Crippen molar-refractivity contribution < 1.29 is 232 Å². The molecule has 42 nitrogen and oxygen atoms in total. The van der Waals surface area contributed by atoms with Crippen LogP contribution in [0.2, 0.25) is 0 Å². The van der Waals surface area contributed by atoms with Crippen molar-refractivity contribution >= 4 is 134 Å². The minimum atomic E-state index is -1.00. The van der Waals surface area contributed by atoms with Crippen LogP contribution in [-0.4, -0.2) is 186 Å². The molecule has 0 radical (unpaired) electrons. The second kappa shape index (κ2) is 70.1. The summed E-state index contributed by atoms with van der Waals surface area (Å²) < 4.78 is 60.8. The Balaban J connectivity index is -0.000000529. The molecular weight excluding hydrogens is 1950 g/mol. The van der Waals surface area contributed by atoms with E-state index in [0.717, 1.165) is 56.3 Å². The number of hydrogen-bond acceptors (Lipinski definition) is 35. The fourth-order valence-electron chi connectivity index (χ4n) is 9.94. The number of methoxy groups -OCH3 is 2. The van der Waals surface area contributed by atoms with Crippen LogP contribution < -0.4 is 192 Å². The maximum Gasteiger partial charge on any atom is 1.00 e. The van der Waals surface area contributed by atoms with Crippen molar-refractivity contribution in [3.05, 3.63) is 237 Å². The van der Waals surface area contributed by atoms with Crippen molar-refractivity contribution in [1.29, 1.82) is 0 Å². The van der Waals surface area contributed by atoms with E-state index in [-0.39, 0.29) is 172 Å². The van der Waals surface area contributed by atoms with Gasteiger partial charge in [-0.25, -0.2) is 58.5 Å². The second-order valence-corrected chi connectivity index (χ2v) is 32.4. The van der Waals surface area contributed by atoms with Gasteiger partial charge in [0.15, 0.2) is 23.3 Å². The van der Waals surface area contributed by atoms with Crippen LogP contribution in [0, 0.1) is 34.6 Å².